The summed E-state index contributed by atoms with van der Waals surface area (Å²) in [6, 6.07) is 3.68. The molecule has 0 spiro atoms. The average Bonchev–Trinajstić information content (AvgIpc) is 2.24. The molecule has 94 valence electrons. The van der Waals surface area contributed by atoms with Crippen LogP contribution in [0, 0.1) is 12.8 Å². The molecule has 0 aliphatic rings. The largest absolute Gasteiger partial charge is 0.478 e. The maximum Gasteiger partial charge on any atom is 0.337 e. The molecule has 0 saturated carbocycles. The minimum atomic E-state index is -0.933. The second-order valence-corrected chi connectivity index (χ2v) is 4.54. The summed E-state index contributed by atoms with van der Waals surface area (Å²) in [6.07, 6.45) is 1.01. The molecule has 0 bridgehead atoms. The second kappa shape index (κ2) is 5.66. The number of aromatic carboxylic acids is 1. The summed E-state index contributed by atoms with van der Waals surface area (Å²) in [4.78, 5) is 15.1. The van der Waals surface area contributed by atoms with E-state index in [0.717, 1.165) is 12.2 Å². The van der Waals surface area contributed by atoms with Gasteiger partial charge in [-0.05, 0) is 31.4 Å². The predicted molar refractivity (Wildman–Crippen MR) is 68.5 cm³/mol. The van der Waals surface area contributed by atoms with Crippen molar-refractivity contribution in [2.24, 2.45) is 5.92 Å². The number of nitrogens with one attached hydrogen (secondary N) is 1. The van der Waals surface area contributed by atoms with E-state index in [4.69, 9.17) is 5.11 Å². The van der Waals surface area contributed by atoms with Crippen LogP contribution in [-0.4, -0.2) is 22.1 Å². The van der Waals surface area contributed by atoms with Gasteiger partial charge in [-0.15, -0.1) is 0 Å². The van der Waals surface area contributed by atoms with Crippen LogP contribution in [0.2, 0.25) is 0 Å². The highest BCUT2D eigenvalue weighted by Crippen LogP contribution is 2.15. The molecule has 1 unspecified atom stereocenters. The molecule has 0 radical (unpaired) electrons. The Hall–Kier alpha value is -1.58. The van der Waals surface area contributed by atoms with Gasteiger partial charge in [-0.1, -0.05) is 20.8 Å². The van der Waals surface area contributed by atoms with Crippen LogP contribution in [0.5, 0.6) is 0 Å². The zero-order valence-electron chi connectivity index (χ0n) is 10.8. The van der Waals surface area contributed by atoms with Crippen LogP contribution >= 0.6 is 0 Å². The summed E-state index contributed by atoms with van der Waals surface area (Å²) in [5.41, 5.74) is 0.800. The summed E-state index contributed by atoms with van der Waals surface area (Å²) < 4.78 is 0. The molecule has 0 fully saturated rings. The van der Waals surface area contributed by atoms with Crippen molar-refractivity contribution < 1.29 is 9.90 Å². The van der Waals surface area contributed by atoms with E-state index in [-0.39, 0.29) is 5.56 Å². The summed E-state index contributed by atoms with van der Waals surface area (Å²) in [5.74, 6) is 0.326. The summed E-state index contributed by atoms with van der Waals surface area (Å²) >= 11 is 0. The van der Waals surface area contributed by atoms with Gasteiger partial charge in [0.25, 0.3) is 0 Å². The van der Waals surface area contributed by atoms with E-state index in [0.29, 0.717) is 17.7 Å². The van der Waals surface area contributed by atoms with Gasteiger partial charge in [-0.2, -0.15) is 0 Å². The molecule has 4 heteroatoms. The van der Waals surface area contributed by atoms with Crippen LogP contribution in [0.4, 0.5) is 5.82 Å². The van der Waals surface area contributed by atoms with Gasteiger partial charge < -0.3 is 10.4 Å². The first kappa shape index (κ1) is 13.5. The van der Waals surface area contributed by atoms with Crippen molar-refractivity contribution >= 4 is 11.8 Å². The number of rotatable bonds is 5. The molecule has 2 N–H and O–H groups in total. The van der Waals surface area contributed by atoms with Crippen molar-refractivity contribution in [1.82, 2.24) is 4.98 Å². The van der Waals surface area contributed by atoms with Gasteiger partial charge in [-0.25, -0.2) is 9.78 Å². The Morgan fingerprint density at radius 1 is 1.47 bits per heavy atom. The number of carboxylic acid groups (broad SMARTS) is 1. The SMILES string of the molecule is CCC(Nc1ccc(C(=O)O)c(C)n1)C(C)C. The highest BCUT2D eigenvalue weighted by molar-refractivity contribution is 5.89. The fourth-order valence-electron chi connectivity index (χ4n) is 1.80. The van der Waals surface area contributed by atoms with Gasteiger partial charge in [0.1, 0.15) is 5.82 Å². The monoisotopic (exact) mass is 236 g/mol. The van der Waals surface area contributed by atoms with Crippen LogP contribution in [0.15, 0.2) is 12.1 Å². The fourth-order valence-corrected chi connectivity index (χ4v) is 1.80. The van der Waals surface area contributed by atoms with Crippen LogP contribution in [0.1, 0.15) is 43.2 Å². The van der Waals surface area contributed by atoms with E-state index in [1.165, 1.54) is 0 Å². The first-order chi connectivity index (χ1) is 7.95. The Labute approximate surface area is 102 Å². The molecule has 0 amide bonds. The topological polar surface area (TPSA) is 62.2 Å². The van der Waals surface area contributed by atoms with Crippen LogP contribution < -0.4 is 5.32 Å². The highest BCUT2D eigenvalue weighted by Gasteiger charge is 2.13. The lowest BCUT2D eigenvalue weighted by Crippen LogP contribution is -2.25. The van der Waals surface area contributed by atoms with Crippen LogP contribution in [-0.2, 0) is 0 Å². The summed E-state index contributed by atoms with van der Waals surface area (Å²) in [5, 5.41) is 12.2. The molecule has 0 aliphatic heterocycles. The zero-order chi connectivity index (χ0) is 13.0. The van der Waals surface area contributed by atoms with E-state index < -0.39 is 5.97 Å². The number of anilines is 1. The zero-order valence-corrected chi connectivity index (χ0v) is 10.8. The third kappa shape index (κ3) is 3.44. The molecule has 4 nitrogen and oxygen atoms in total. The van der Waals surface area contributed by atoms with Crippen molar-refractivity contribution in [3.05, 3.63) is 23.4 Å². The second-order valence-electron chi connectivity index (χ2n) is 4.54. The lowest BCUT2D eigenvalue weighted by molar-refractivity contribution is 0.0695. The standard InChI is InChI=1S/C13H20N2O2/c1-5-11(8(2)3)15-12-7-6-10(13(16)17)9(4)14-12/h6-8,11H,5H2,1-4H3,(H,14,15)(H,16,17). The first-order valence-corrected chi connectivity index (χ1v) is 5.93. The van der Waals surface area contributed by atoms with E-state index >= 15 is 0 Å². The molecular formula is C13H20N2O2. The molecule has 1 atom stereocenters. The molecule has 0 aliphatic carbocycles. The molecule has 0 aromatic carbocycles. The normalized spacial score (nSPS) is 12.5. The highest BCUT2D eigenvalue weighted by atomic mass is 16.4. The predicted octanol–water partition coefficient (Wildman–Crippen LogP) is 2.93. The van der Waals surface area contributed by atoms with E-state index in [9.17, 15) is 4.79 Å². The maximum atomic E-state index is 10.9. The minimum absolute atomic E-state index is 0.258. The third-order valence-corrected chi connectivity index (χ3v) is 2.89. The van der Waals surface area contributed by atoms with Crippen molar-refractivity contribution in [1.29, 1.82) is 0 Å². The lowest BCUT2D eigenvalue weighted by Gasteiger charge is -2.21. The number of hydrogen-bond acceptors (Lipinski definition) is 3. The number of pyridine rings is 1. The van der Waals surface area contributed by atoms with E-state index in [1.54, 1.807) is 19.1 Å². The van der Waals surface area contributed by atoms with Gasteiger partial charge in [0.15, 0.2) is 0 Å². The van der Waals surface area contributed by atoms with Crippen molar-refractivity contribution in [2.45, 2.75) is 40.2 Å². The third-order valence-electron chi connectivity index (χ3n) is 2.89. The Bertz CT molecular complexity index is 402. The number of carboxylic acids is 1. The van der Waals surface area contributed by atoms with Gasteiger partial charge in [0.2, 0.25) is 0 Å². The number of carbonyl (C=O) groups is 1. The van der Waals surface area contributed by atoms with Crippen molar-refractivity contribution in [3.63, 3.8) is 0 Å². The molecule has 1 aromatic rings. The Morgan fingerprint density at radius 3 is 2.53 bits per heavy atom. The van der Waals surface area contributed by atoms with Gasteiger partial charge >= 0.3 is 5.97 Å². The van der Waals surface area contributed by atoms with Gasteiger partial charge in [-0.3, -0.25) is 0 Å². The molecule has 1 heterocycles. The number of nitrogens with zero attached hydrogens (tertiary/aromatic N) is 1. The average molecular weight is 236 g/mol. The molecule has 1 rings (SSSR count). The quantitative estimate of drug-likeness (QED) is 0.825. The first-order valence-electron chi connectivity index (χ1n) is 5.93. The summed E-state index contributed by atoms with van der Waals surface area (Å²) in [7, 11) is 0. The van der Waals surface area contributed by atoms with Crippen LogP contribution in [0.25, 0.3) is 0 Å². The number of hydrogen-bond donors (Lipinski definition) is 2. The molecular weight excluding hydrogens is 216 g/mol. The lowest BCUT2D eigenvalue weighted by atomic mass is 10.0. The maximum absolute atomic E-state index is 10.9. The van der Waals surface area contributed by atoms with Crippen molar-refractivity contribution in [3.8, 4) is 0 Å². The molecule has 0 saturated heterocycles. The number of aryl methyl sites for hydroxylation is 1. The summed E-state index contributed by atoms with van der Waals surface area (Å²) in [6.45, 7) is 8.14. The molecule has 17 heavy (non-hydrogen) atoms. The number of aromatic nitrogens is 1. The molecule has 1 aromatic heterocycles. The fraction of sp³-hybridized carbons (Fsp3) is 0.538. The van der Waals surface area contributed by atoms with Crippen molar-refractivity contribution in [2.75, 3.05) is 5.32 Å². The Kier molecular flexibility index (Phi) is 4.49. The van der Waals surface area contributed by atoms with Gasteiger partial charge in [0, 0.05) is 6.04 Å². The van der Waals surface area contributed by atoms with E-state index in [2.05, 4.69) is 31.1 Å². The minimum Gasteiger partial charge on any atom is -0.478 e. The van der Waals surface area contributed by atoms with Crippen LogP contribution in [0.3, 0.4) is 0 Å². The van der Waals surface area contributed by atoms with Gasteiger partial charge in [0.05, 0.1) is 11.3 Å². The Morgan fingerprint density at radius 2 is 2.12 bits per heavy atom. The smallest absolute Gasteiger partial charge is 0.337 e. The Balaban J connectivity index is 2.87. The van der Waals surface area contributed by atoms with E-state index in [1.807, 2.05) is 0 Å².